The Hall–Kier alpha value is -3.06. The zero-order valence-corrected chi connectivity index (χ0v) is 19.2. The van der Waals surface area contributed by atoms with E-state index in [0.717, 1.165) is 5.56 Å². The highest BCUT2D eigenvalue weighted by molar-refractivity contribution is 7.91. The van der Waals surface area contributed by atoms with Crippen molar-refractivity contribution in [1.29, 1.82) is 0 Å². The number of nitrogens with zero attached hydrogens (tertiary/aromatic N) is 1. The third-order valence-corrected chi connectivity index (χ3v) is 6.35. The molecule has 0 unspecified atom stereocenters. The molecule has 0 aliphatic rings. The first-order chi connectivity index (χ1) is 14.5. The highest BCUT2D eigenvalue weighted by Gasteiger charge is 2.28. The number of sulfone groups is 1. The molecule has 0 aliphatic carbocycles. The van der Waals surface area contributed by atoms with Gasteiger partial charge in [0.25, 0.3) is 0 Å². The van der Waals surface area contributed by atoms with Crippen LogP contribution in [0.5, 0.6) is 0 Å². The molecule has 0 atom stereocenters. The number of aryl methyl sites for hydroxylation is 1. The molecular formula is C24H27NO5S. The Labute approximate surface area is 183 Å². The Morgan fingerprint density at radius 3 is 2.26 bits per heavy atom. The van der Waals surface area contributed by atoms with Gasteiger partial charge in [0.15, 0.2) is 5.76 Å². The minimum absolute atomic E-state index is 0.0676. The quantitative estimate of drug-likeness (QED) is 0.526. The van der Waals surface area contributed by atoms with Crippen molar-refractivity contribution in [3.63, 3.8) is 0 Å². The minimum atomic E-state index is -3.83. The molecule has 0 spiro atoms. The van der Waals surface area contributed by atoms with Crippen LogP contribution < -0.4 is 0 Å². The number of rotatable bonds is 5. The van der Waals surface area contributed by atoms with Gasteiger partial charge in [0.2, 0.25) is 9.84 Å². The molecule has 1 aromatic heterocycles. The van der Waals surface area contributed by atoms with Crippen LogP contribution >= 0.6 is 0 Å². The first-order valence-electron chi connectivity index (χ1n) is 9.92. The van der Waals surface area contributed by atoms with E-state index in [-0.39, 0.29) is 22.1 Å². The lowest BCUT2D eigenvalue weighted by atomic mass is 10.1. The van der Waals surface area contributed by atoms with E-state index in [0.29, 0.717) is 11.3 Å². The van der Waals surface area contributed by atoms with Crippen molar-refractivity contribution < 1.29 is 22.4 Å². The van der Waals surface area contributed by atoms with Gasteiger partial charge in [-0.2, -0.15) is 0 Å². The SMILES string of the molecule is Cc1ccccc1-c1oc(CN(C)C(=O)OC(C)(C)C)cc1S(=O)(=O)c1ccccc1. The molecule has 31 heavy (non-hydrogen) atoms. The summed E-state index contributed by atoms with van der Waals surface area (Å²) in [7, 11) is -2.25. The average Bonchev–Trinajstić information content (AvgIpc) is 3.12. The van der Waals surface area contributed by atoms with Crippen molar-refractivity contribution in [3.05, 3.63) is 72.0 Å². The second kappa shape index (κ2) is 8.59. The van der Waals surface area contributed by atoms with Gasteiger partial charge in [0.1, 0.15) is 16.3 Å². The Balaban J connectivity index is 2.05. The molecule has 1 heterocycles. The Morgan fingerprint density at radius 2 is 1.65 bits per heavy atom. The van der Waals surface area contributed by atoms with Crippen molar-refractivity contribution in [3.8, 4) is 11.3 Å². The monoisotopic (exact) mass is 441 g/mol. The standard InChI is InChI=1S/C24H27NO5S/c1-17-11-9-10-14-20(17)22-21(31(27,28)19-12-7-6-8-13-19)15-18(29-22)16-25(5)23(26)30-24(2,3)4/h6-15H,16H2,1-5H3. The number of hydrogen-bond acceptors (Lipinski definition) is 5. The average molecular weight is 442 g/mol. The normalized spacial score (nSPS) is 11.9. The van der Waals surface area contributed by atoms with Crippen molar-refractivity contribution in [2.75, 3.05) is 7.05 Å². The zero-order valence-electron chi connectivity index (χ0n) is 18.4. The fourth-order valence-electron chi connectivity index (χ4n) is 3.08. The van der Waals surface area contributed by atoms with Crippen LogP contribution in [0.4, 0.5) is 4.79 Å². The summed E-state index contributed by atoms with van der Waals surface area (Å²) < 4.78 is 38.2. The highest BCUT2D eigenvalue weighted by Crippen LogP contribution is 2.36. The molecule has 0 saturated carbocycles. The smallest absolute Gasteiger partial charge is 0.410 e. The molecule has 0 bridgehead atoms. The predicted molar refractivity (Wildman–Crippen MR) is 118 cm³/mol. The largest absolute Gasteiger partial charge is 0.458 e. The second-order valence-corrected chi connectivity index (χ2v) is 10.3. The molecule has 7 heteroatoms. The first kappa shape index (κ1) is 22.6. The maximum absolute atomic E-state index is 13.4. The second-order valence-electron chi connectivity index (χ2n) is 8.37. The summed E-state index contributed by atoms with van der Waals surface area (Å²) in [5, 5.41) is 0. The van der Waals surface area contributed by atoms with Crippen LogP contribution in [0.2, 0.25) is 0 Å². The number of furan rings is 1. The van der Waals surface area contributed by atoms with E-state index in [1.807, 2.05) is 31.2 Å². The summed E-state index contributed by atoms with van der Waals surface area (Å²) in [6.45, 7) is 7.31. The zero-order chi connectivity index (χ0) is 22.8. The Bertz CT molecular complexity index is 1170. The Kier molecular flexibility index (Phi) is 6.27. The van der Waals surface area contributed by atoms with Gasteiger partial charge >= 0.3 is 6.09 Å². The summed E-state index contributed by atoms with van der Waals surface area (Å²) in [6.07, 6.45) is -0.520. The lowest BCUT2D eigenvalue weighted by Gasteiger charge is -2.24. The molecule has 0 N–H and O–H groups in total. The first-order valence-corrected chi connectivity index (χ1v) is 11.4. The lowest BCUT2D eigenvalue weighted by molar-refractivity contribution is 0.0275. The molecule has 0 saturated heterocycles. The van der Waals surface area contributed by atoms with Crippen LogP contribution in [0, 0.1) is 6.92 Å². The number of benzene rings is 2. The minimum Gasteiger partial charge on any atom is -0.458 e. The van der Waals surface area contributed by atoms with E-state index < -0.39 is 21.5 Å². The molecule has 0 fully saturated rings. The molecule has 0 aliphatic heterocycles. The maximum atomic E-state index is 13.4. The van der Waals surface area contributed by atoms with E-state index >= 15 is 0 Å². The molecule has 3 rings (SSSR count). The summed E-state index contributed by atoms with van der Waals surface area (Å²) in [4.78, 5) is 13.9. The molecular weight excluding hydrogens is 414 g/mol. The van der Waals surface area contributed by atoms with Gasteiger partial charge in [0.05, 0.1) is 11.4 Å². The van der Waals surface area contributed by atoms with Gasteiger partial charge in [-0.25, -0.2) is 13.2 Å². The van der Waals surface area contributed by atoms with Crippen molar-refractivity contribution in [2.45, 2.75) is 49.6 Å². The summed E-state index contributed by atoms with van der Waals surface area (Å²) >= 11 is 0. The van der Waals surface area contributed by atoms with Crippen LogP contribution in [0.3, 0.4) is 0 Å². The fourth-order valence-corrected chi connectivity index (χ4v) is 4.53. The van der Waals surface area contributed by atoms with Crippen LogP contribution in [-0.2, 0) is 21.1 Å². The summed E-state index contributed by atoms with van der Waals surface area (Å²) in [5.74, 6) is 0.607. The molecule has 3 aromatic rings. The molecule has 6 nitrogen and oxygen atoms in total. The predicted octanol–water partition coefficient (Wildman–Crippen LogP) is 5.45. The van der Waals surface area contributed by atoms with Crippen LogP contribution in [0.1, 0.15) is 32.1 Å². The van der Waals surface area contributed by atoms with E-state index in [4.69, 9.17) is 9.15 Å². The van der Waals surface area contributed by atoms with Crippen molar-refractivity contribution >= 4 is 15.9 Å². The van der Waals surface area contributed by atoms with E-state index in [1.165, 1.54) is 11.0 Å². The molecule has 164 valence electrons. The molecule has 1 amide bonds. The lowest BCUT2D eigenvalue weighted by Crippen LogP contribution is -2.33. The maximum Gasteiger partial charge on any atom is 0.410 e. The molecule has 2 aromatic carbocycles. The van der Waals surface area contributed by atoms with Gasteiger partial charge < -0.3 is 14.1 Å². The van der Waals surface area contributed by atoms with Gasteiger partial charge in [0, 0.05) is 18.7 Å². The number of hydrogen-bond donors (Lipinski definition) is 0. The number of carbonyl (C=O) groups is 1. The van der Waals surface area contributed by atoms with Crippen LogP contribution in [0.25, 0.3) is 11.3 Å². The van der Waals surface area contributed by atoms with Crippen molar-refractivity contribution in [2.24, 2.45) is 0 Å². The van der Waals surface area contributed by atoms with Gasteiger partial charge in [-0.05, 0) is 45.4 Å². The van der Waals surface area contributed by atoms with Gasteiger partial charge in [-0.3, -0.25) is 0 Å². The summed E-state index contributed by atoms with van der Waals surface area (Å²) in [6, 6.07) is 17.1. The van der Waals surface area contributed by atoms with E-state index in [1.54, 1.807) is 58.2 Å². The Morgan fingerprint density at radius 1 is 1.03 bits per heavy atom. The number of ether oxygens (including phenoxy) is 1. The fraction of sp³-hybridized carbons (Fsp3) is 0.292. The van der Waals surface area contributed by atoms with Gasteiger partial charge in [-0.1, -0.05) is 42.5 Å². The van der Waals surface area contributed by atoms with Crippen LogP contribution in [-0.4, -0.2) is 32.1 Å². The third kappa shape index (κ3) is 5.17. The van der Waals surface area contributed by atoms with E-state index in [9.17, 15) is 13.2 Å². The van der Waals surface area contributed by atoms with Crippen LogP contribution in [0.15, 0.2) is 74.9 Å². The topological polar surface area (TPSA) is 76.8 Å². The highest BCUT2D eigenvalue weighted by atomic mass is 32.2. The molecule has 0 radical (unpaired) electrons. The summed E-state index contributed by atoms with van der Waals surface area (Å²) in [5.41, 5.74) is 0.930. The third-order valence-electron chi connectivity index (χ3n) is 4.58. The number of carbonyl (C=O) groups excluding carboxylic acids is 1. The van der Waals surface area contributed by atoms with E-state index in [2.05, 4.69) is 0 Å². The van der Waals surface area contributed by atoms with Crippen molar-refractivity contribution in [1.82, 2.24) is 4.90 Å². The van der Waals surface area contributed by atoms with Gasteiger partial charge in [-0.15, -0.1) is 0 Å². The number of amides is 1.